The van der Waals surface area contributed by atoms with E-state index in [-0.39, 0.29) is 34.9 Å². The van der Waals surface area contributed by atoms with Gasteiger partial charge in [0.15, 0.2) is 0 Å². The van der Waals surface area contributed by atoms with Gasteiger partial charge in [-0.05, 0) is 42.3 Å². The molecule has 10 nitrogen and oxygen atoms in total. The first-order chi connectivity index (χ1) is 16.8. The molecule has 0 atom stereocenters. The monoisotopic (exact) mass is 496 g/mol. The van der Waals surface area contributed by atoms with Gasteiger partial charge in [0.2, 0.25) is 0 Å². The quantitative estimate of drug-likeness (QED) is 0.325. The lowest BCUT2D eigenvalue weighted by molar-refractivity contribution is 0.0934. The van der Waals surface area contributed by atoms with Crippen LogP contribution in [0.3, 0.4) is 0 Å². The van der Waals surface area contributed by atoms with Crippen molar-refractivity contribution in [1.82, 2.24) is 20.3 Å². The van der Waals surface area contributed by atoms with E-state index in [1.165, 1.54) is 36.4 Å². The molecule has 4 N–H and O–H groups in total. The number of rotatable bonds is 10. The lowest BCUT2D eigenvalue weighted by atomic mass is 10.1. The number of aliphatic hydroxyl groups is 1. The molecular weight excluding hydrogens is 472 g/mol. The Kier molecular flexibility index (Phi) is 8.65. The van der Waals surface area contributed by atoms with Crippen LogP contribution in [-0.2, 0) is 16.4 Å². The molecule has 0 aliphatic rings. The molecule has 0 radical (unpaired) electrons. The van der Waals surface area contributed by atoms with Crippen LogP contribution in [0, 0.1) is 0 Å². The summed E-state index contributed by atoms with van der Waals surface area (Å²) in [5, 5.41) is 13.9. The second-order valence-corrected chi connectivity index (χ2v) is 9.05. The van der Waals surface area contributed by atoms with Crippen LogP contribution < -0.4 is 15.4 Å². The van der Waals surface area contributed by atoms with E-state index in [0.29, 0.717) is 13.0 Å². The molecule has 11 heteroatoms. The third kappa shape index (κ3) is 7.19. The Morgan fingerprint density at radius 2 is 1.54 bits per heavy atom. The summed E-state index contributed by atoms with van der Waals surface area (Å²) in [4.78, 5) is 40.3. The summed E-state index contributed by atoms with van der Waals surface area (Å²) in [7, 11) is -4.28. The summed E-state index contributed by atoms with van der Waals surface area (Å²) in [6.45, 7) is 0.184. The molecule has 35 heavy (non-hydrogen) atoms. The molecule has 0 fully saturated rings. The van der Waals surface area contributed by atoms with Gasteiger partial charge < -0.3 is 15.7 Å². The number of hydrogen-bond acceptors (Lipinski definition) is 7. The topological polar surface area (TPSA) is 155 Å². The molecule has 3 amide bonds. The number of nitrogens with one attached hydrogen (secondary N) is 3. The highest BCUT2D eigenvalue weighted by Crippen LogP contribution is 2.13. The summed E-state index contributed by atoms with van der Waals surface area (Å²) < 4.78 is 27.4. The number of aliphatic hydroxyl groups excluding tert-OH is 1. The molecule has 182 valence electrons. The van der Waals surface area contributed by atoms with Crippen LogP contribution in [0.15, 0.2) is 77.8 Å². The first-order valence-electron chi connectivity index (χ1n) is 10.6. The van der Waals surface area contributed by atoms with Gasteiger partial charge in [-0.1, -0.05) is 36.4 Å². The van der Waals surface area contributed by atoms with Crippen LogP contribution in [-0.4, -0.2) is 55.9 Å². The van der Waals surface area contributed by atoms with E-state index < -0.39 is 27.7 Å². The van der Waals surface area contributed by atoms with Crippen LogP contribution in [0.4, 0.5) is 0 Å². The van der Waals surface area contributed by atoms with E-state index in [1.54, 1.807) is 0 Å². The van der Waals surface area contributed by atoms with E-state index in [1.807, 2.05) is 35.1 Å². The van der Waals surface area contributed by atoms with Gasteiger partial charge in [0.05, 0.1) is 17.1 Å². The van der Waals surface area contributed by atoms with Gasteiger partial charge in [0.25, 0.3) is 27.7 Å². The van der Waals surface area contributed by atoms with Gasteiger partial charge in [-0.15, -0.1) is 0 Å². The number of pyridine rings is 1. The number of hydrogen-bond donors (Lipinski definition) is 4. The minimum Gasteiger partial charge on any atom is -0.395 e. The maximum absolute atomic E-state index is 12.7. The number of amides is 3. The molecule has 0 saturated carbocycles. The molecular formula is C24H24N4O6S. The lowest BCUT2D eigenvalue weighted by Gasteiger charge is -2.10. The predicted octanol–water partition coefficient (Wildman–Crippen LogP) is 0.895. The van der Waals surface area contributed by atoms with E-state index in [9.17, 15) is 22.8 Å². The molecule has 0 unspecified atom stereocenters. The molecule has 1 heterocycles. The summed E-state index contributed by atoms with van der Waals surface area (Å²) in [5.41, 5.74) is 1.11. The standard InChI is InChI=1S/C24H24N4O6S/c29-14-13-26-24(32)21-10-9-19(16-27-21)23(31)28-35(33,34)20-8-4-7-18(15-20)22(30)25-12-11-17-5-2-1-3-6-17/h1-10,15-16,29H,11-14H2,(H,25,30)(H,26,32)(H,28,31). The summed E-state index contributed by atoms with van der Waals surface area (Å²) >= 11 is 0. The smallest absolute Gasteiger partial charge is 0.269 e. The van der Waals surface area contributed by atoms with Crippen molar-refractivity contribution in [1.29, 1.82) is 0 Å². The summed E-state index contributed by atoms with van der Waals surface area (Å²) in [6, 6.07) is 17.4. The average molecular weight is 497 g/mol. The Hall–Kier alpha value is -4.09. The van der Waals surface area contributed by atoms with Crippen molar-refractivity contribution in [2.24, 2.45) is 0 Å². The Bertz CT molecular complexity index is 1300. The van der Waals surface area contributed by atoms with E-state index in [0.717, 1.165) is 11.8 Å². The van der Waals surface area contributed by atoms with E-state index in [2.05, 4.69) is 15.6 Å². The largest absolute Gasteiger partial charge is 0.395 e. The molecule has 0 spiro atoms. The van der Waals surface area contributed by atoms with Crippen LogP contribution in [0.25, 0.3) is 0 Å². The molecule has 2 aromatic carbocycles. The minimum atomic E-state index is -4.28. The number of aromatic nitrogens is 1. The number of benzene rings is 2. The van der Waals surface area contributed by atoms with E-state index in [4.69, 9.17) is 5.11 Å². The molecule has 0 aliphatic carbocycles. The number of nitrogens with zero attached hydrogens (tertiary/aromatic N) is 1. The molecule has 3 aromatic rings. The SMILES string of the molecule is O=C(NCCc1ccccc1)c1cccc(S(=O)(=O)NC(=O)c2ccc(C(=O)NCCO)nc2)c1. The van der Waals surface area contributed by atoms with Crippen molar-refractivity contribution in [2.45, 2.75) is 11.3 Å². The fourth-order valence-corrected chi connectivity index (χ4v) is 4.05. The average Bonchev–Trinajstić information content (AvgIpc) is 2.87. The Balaban J connectivity index is 1.63. The van der Waals surface area contributed by atoms with Crippen LogP contribution in [0.5, 0.6) is 0 Å². The minimum absolute atomic E-state index is 0.00355. The van der Waals surface area contributed by atoms with Gasteiger partial charge in [0, 0.05) is 24.8 Å². The van der Waals surface area contributed by atoms with Crippen molar-refractivity contribution in [2.75, 3.05) is 19.7 Å². The fourth-order valence-electron chi connectivity index (χ4n) is 3.03. The van der Waals surface area contributed by atoms with Gasteiger partial charge in [0.1, 0.15) is 5.69 Å². The Labute approximate surface area is 202 Å². The highest BCUT2D eigenvalue weighted by atomic mass is 32.2. The maximum atomic E-state index is 12.7. The second-order valence-electron chi connectivity index (χ2n) is 7.37. The second kappa shape index (κ2) is 11.9. The highest BCUT2D eigenvalue weighted by Gasteiger charge is 2.21. The summed E-state index contributed by atoms with van der Waals surface area (Å²) in [5.74, 6) is -1.93. The highest BCUT2D eigenvalue weighted by molar-refractivity contribution is 7.90. The first-order valence-corrected chi connectivity index (χ1v) is 12.1. The molecule has 0 aliphatic heterocycles. The maximum Gasteiger partial charge on any atom is 0.269 e. The lowest BCUT2D eigenvalue weighted by Crippen LogP contribution is -2.31. The van der Waals surface area contributed by atoms with Crippen molar-refractivity contribution >= 4 is 27.7 Å². The normalized spacial score (nSPS) is 10.9. The zero-order chi connectivity index (χ0) is 25.3. The zero-order valence-electron chi connectivity index (χ0n) is 18.6. The number of carbonyl (C=O) groups is 3. The van der Waals surface area contributed by atoms with Crippen LogP contribution >= 0.6 is 0 Å². The number of carbonyl (C=O) groups excluding carboxylic acids is 3. The predicted molar refractivity (Wildman–Crippen MR) is 127 cm³/mol. The molecule has 1 aromatic heterocycles. The third-order valence-electron chi connectivity index (χ3n) is 4.83. The first kappa shape index (κ1) is 25.5. The van der Waals surface area contributed by atoms with Crippen molar-refractivity contribution in [3.63, 3.8) is 0 Å². The third-order valence-corrected chi connectivity index (χ3v) is 6.16. The van der Waals surface area contributed by atoms with Crippen molar-refractivity contribution < 1.29 is 27.9 Å². The van der Waals surface area contributed by atoms with Crippen molar-refractivity contribution in [3.8, 4) is 0 Å². The van der Waals surface area contributed by atoms with Gasteiger partial charge in [-0.3, -0.25) is 19.4 Å². The van der Waals surface area contributed by atoms with Crippen molar-refractivity contribution in [3.05, 3.63) is 95.3 Å². The van der Waals surface area contributed by atoms with Crippen LogP contribution in [0.1, 0.15) is 36.8 Å². The van der Waals surface area contributed by atoms with Gasteiger partial charge in [-0.25, -0.2) is 13.1 Å². The van der Waals surface area contributed by atoms with Gasteiger partial charge >= 0.3 is 0 Å². The summed E-state index contributed by atoms with van der Waals surface area (Å²) in [6.07, 6.45) is 1.69. The van der Waals surface area contributed by atoms with Gasteiger partial charge in [-0.2, -0.15) is 0 Å². The Morgan fingerprint density at radius 3 is 2.23 bits per heavy atom. The molecule has 0 saturated heterocycles. The zero-order valence-corrected chi connectivity index (χ0v) is 19.4. The number of sulfonamides is 1. The van der Waals surface area contributed by atoms with E-state index >= 15 is 0 Å². The van der Waals surface area contributed by atoms with Crippen LogP contribution in [0.2, 0.25) is 0 Å². The molecule has 0 bridgehead atoms. The molecule has 3 rings (SSSR count). The fraction of sp³-hybridized carbons (Fsp3) is 0.167. The Morgan fingerprint density at radius 1 is 0.800 bits per heavy atom.